The smallest absolute Gasteiger partial charge is 0.0456 e. The number of hydrogen-bond donors (Lipinski definition) is 4. The largest absolute Gasteiger partial charge is 0.361 e. The Labute approximate surface area is 352 Å². The van der Waals surface area contributed by atoms with Crippen molar-refractivity contribution < 1.29 is 0 Å². The van der Waals surface area contributed by atoms with Crippen molar-refractivity contribution in [3.63, 3.8) is 0 Å². The average molecular weight is 782 g/mol. The summed E-state index contributed by atoms with van der Waals surface area (Å²) in [4.78, 5) is 13.6. The standard InChI is InChI=1S/2C11H13N.C9H12.C8H7N.C5H5N.2C4H10.CH5N/c1-8(2)10-7-12-11-6-4-3-5-9(10)11;1-8(2)11-7-9-5-3-4-6-10(9)12-11;1-8(2)9-6-4-3-5-7-9;1-2-4-8-7(3-1)5-6-9-8;1-2-4-6-5-3-1;2*1-4(2)3;1-2/h2*3-8,12H,1-2H3;3-8H,1-2H3;1-6,9H;1-5H;2*4H,1-3H3;2H2,1H3. The Hall–Kier alpha value is -5.39. The van der Waals surface area contributed by atoms with Gasteiger partial charge in [-0.05, 0) is 101 Å². The monoisotopic (exact) mass is 782 g/mol. The van der Waals surface area contributed by atoms with Crippen LogP contribution in [0.2, 0.25) is 0 Å². The molecular weight excluding hydrogens is 707 g/mol. The molecular formula is C53H75N5. The van der Waals surface area contributed by atoms with E-state index in [-0.39, 0.29) is 0 Å². The van der Waals surface area contributed by atoms with Crippen LogP contribution < -0.4 is 5.73 Å². The molecule has 0 fully saturated rings. The van der Waals surface area contributed by atoms with Gasteiger partial charge in [0.1, 0.15) is 0 Å². The number of para-hydroxylation sites is 3. The third-order valence-corrected chi connectivity index (χ3v) is 7.91. The Morgan fingerprint density at radius 1 is 0.448 bits per heavy atom. The van der Waals surface area contributed by atoms with Crippen LogP contribution in [0.5, 0.6) is 0 Å². The number of nitrogens with two attached hydrogens (primary N) is 1. The quantitative estimate of drug-likeness (QED) is 0.144. The predicted molar refractivity (Wildman–Crippen MR) is 259 cm³/mol. The molecule has 4 aromatic carbocycles. The number of nitrogens with zero attached hydrogens (tertiary/aromatic N) is 1. The third kappa shape index (κ3) is 21.2. The fourth-order valence-electron chi connectivity index (χ4n) is 5.12. The summed E-state index contributed by atoms with van der Waals surface area (Å²) >= 11 is 0. The molecule has 8 rings (SSSR count). The minimum atomic E-state index is 0.581. The van der Waals surface area contributed by atoms with Gasteiger partial charge < -0.3 is 20.7 Å². The Morgan fingerprint density at radius 2 is 0.931 bits per heavy atom. The maximum Gasteiger partial charge on any atom is 0.0456 e. The third-order valence-electron chi connectivity index (χ3n) is 7.91. The van der Waals surface area contributed by atoms with Crippen molar-refractivity contribution >= 4 is 32.7 Å². The molecule has 0 spiro atoms. The highest BCUT2D eigenvalue weighted by Gasteiger charge is 2.05. The van der Waals surface area contributed by atoms with Crippen LogP contribution in [0.1, 0.15) is 118 Å². The molecule has 0 atom stereocenters. The van der Waals surface area contributed by atoms with Gasteiger partial charge in [-0.3, -0.25) is 4.98 Å². The summed E-state index contributed by atoms with van der Waals surface area (Å²) in [5, 5.41) is 3.94. The molecule has 0 bridgehead atoms. The summed E-state index contributed by atoms with van der Waals surface area (Å²) in [6.07, 6.45) is 7.56. The van der Waals surface area contributed by atoms with E-state index >= 15 is 0 Å². The average Bonchev–Trinajstić information content (AvgIpc) is 3.99. The van der Waals surface area contributed by atoms with Crippen molar-refractivity contribution in [2.24, 2.45) is 17.6 Å². The lowest BCUT2D eigenvalue weighted by molar-refractivity contribution is 0.736. The first-order valence-corrected chi connectivity index (χ1v) is 20.9. The summed E-state index contributed by atoms with van der Waals surface area (Å²) < 4.78 is 0. The van der Waals surface area contributed by atoms with Crippen molar-refractivity contribution in [2.45, 2.75) is 101 Å². The summed E-state index contributed by atoms with van der Waals surface area (Å²) in [6.45, 7) is 26.2. The first kappa shape index (κ1) is 50.6. The SMILES string of the molecule is CC(C)C.CC(C)C.CC(C)c1c[nH]c2ccccc12.CC(C)c1cc2ccccc2[nH]1.CC(C)c1ccccc1.CN.c1ccc2[nH]ccc2c1.c1ccncc1. The number of fused-ring (bicyclic) bond motifs is 3. The van der Waals surface area contributed by atoms with E-state index in [1.165, 1.54) is 56.6 Å². The minimum absolute atomic E-state index is 0.581. The van der Waals surface area contributed by atoms with Crippen molar-refractivity contribution in [3.8, 4) is 0 Å². The molecule has 58 heavy (non-hydrogen) atoms. The maximum absolute atomic E-state index is 4.50. The molecule has 0 radical (unpaired) electrons. The Bertz CT molecular complexity index is 2010. The molecule has 5 nitrogen and oxygen atoms in total. The lowest BCUT2D eigenvalue weighted by Gasteiger charge is -2.01. The van der Waals surface area contributed by atoms with Gasteiger partial charge in [-0.2, -0.15) is 0 Å². The van der Waals surface area contributed by atoms with E-state index in [2.05, 4.69) is 212 Å². The van der Waals surface area contributed by atoms with Gasteiger partial charge in [0, 0.05) is 52.4 Å². The van der Waals surface area contributed by atoms with Crippen LogP contribution in [0.4, 0.5) is 0 Å². The fourth-order valence-corrected chi connectivity index (χ4v) is 5.12. The molecule has 312 valence electrons. The predicted octanol–water partition coefficient (Wildman–Crippen LogP) is 15.5. The van der Waals surface area contributed by atoms with Gasteiger partial charge in [-0.15, -0.1) is 0 Å². The number of hydrogen-bond acceptors (Lipinski definition) is 2. The van der Waals surface area contributed by atoms with Crippen LogP contribution in [0.25, 0.3) is 32.7 Å². The van der Waals surface area contributed by atoms with E-state index in [1.54, 1.807) is 12.4 Å². The van der Waals surface area contributed by atoms with Gasteiger partial charge in [0.05, 0.1) is 0 Å². The molecule has 0 aliphatic rings. The van der Waals surface area contributed by atoms with E-state index in [1.807, 2.05) is 42.6 Å². The second kappa shape index (κ2) is 29.8. The highest BCUT2D eigenvalue weighted by atomic mass is 14.7. The van der Waals surface area contributed by atoms with Crippen LogP contribution in [0, 0.1) is 11.8 Å². The van der Waals surface area contributed by atoms with Crippen LogP contribution in [0.15, 0.2) is 158 Å². The van der Waals surface area contributed by atoms with E-state index in [0.29, 0.717) is 17.8 Å². The van der Waals surface area contributed by atoms with Gasteiger partial charge in [-0.25, -0.2) is 0 Å². The minimum Gasteiger partial charge on any atom is -0.361 e. The zero-order valence-electron chi connectivity index (χ0n) is 37.9. The molecule has 0 aliphatic carbocycles. The van der Waals surface area contributed by atoms with E-state index < -0.39 is 0 Å². The number of H-pyrrole nitrogens is 3. The highest BCUT2D eigenvalue weighted by Crippen LogP contribution is 2.24. The number of aromatic nitrogens is 4. The molecule has 0 saturated carbocycles. The van der Waals surface area contributed by atoms with Crippen LogP contribution in [-0.2, 0) is 0 Å². The van der Waals surface area contributed by atoms with Gasteiger partial charge in [0.2, 0.25) is 0 Å². The molecule has 5 heteroatoms. The van der Waals surface area contributed by atoms with Crippen molar-refractivity contribution in [2.75, 3.05) is 7.05 Å². The second-order valence-corrected chi connectivity index (χ2v) is 16.0. The van der Waals surface area contributed by atoms with Crippen LogP contribution in [0.3, 0.4) is 0 Å². The molecule has 0 amide bonds. The highest BCUT2D eigenvalue weighted by molar-refractivity contribution is 5.83. The first-order valence-electron chi connectivity index (χ1n) is 20.9. The number of benzene rings is 4. The number of aromatic amines is 3. The zero-order valence-corrected chi connectivity index (χ0v) is 37.9. The zero-order chi connectivity index (χ0) is 43.3. The van der Waals surface area contributed by atoms with Gasteiger partial charge >= 0.3 is 0 Å². The lowest BCUT2D eigenvalue weighted by atomic mass is 10.0. The Morgan fingerprint density at radius 3 is 1.38 bits per heavy atom. The molecule has 8 aromatic rings. The summed E-state index contributed by atoms with van der Waals surface area (Å²) in [5.74, 6) is 3.50. The summed E-state index contributed by atoms with van der Waals surface area (Å²) in [6, 6.07) is 45.5. The van der Waals surface area contributed by atoms with Crippen LogP contribution >= 0.6 is 0 Å². The summed E-state index contributed by atoms with van der Waals surface area (Å²) in [5.41, 5.74) is 12.3. The van der Waals surface area contributed by atoms with Gasteiger partial charge in [-0.1, -0.05) is 174 Å². The van der Waals surface area contributed by atoms with Crippen molar-refractivity contribution in [1.82, 2.24) is 19.9 Å². The maximum atomic E-state index is 4.50. The van der Waals surface area contributed by atoms with E-state index in [4.69, 9.17) is 0 Å². The van der Waals surface area contributed by atoms with Crippen molar-refractivity contribution in [1.29, 1.82) is 0 Å². The molecule has 0 unspecified atom stereocenters. The number of rotatable bonds is 3. The molecule has 4 heterocycles. The molecule has 0 saturated heterocycles. The van der Waals surface area contributed by atoms with E-state index in [0.717, 1.165) is 11.8 Å². The van der Waals surface area contributed by atoms with Crippen molar-refractivity contribution in [3.05, 3.63) is 175 Å². The van der Waals surface area contributed by atoms with Crippen LogP contribution in [-0.4, -0.2) is 27.0 Å². The first-order chi connectivity index (χ1) is 27.8. The second-order valence-electron chi connectivity index (χ2n) is 16.0. The lowest BCUT2D eigenvalue weighted by Crippen LogP contribution is -1.84. The van der Waals surface area contributed by atoms with Gasteiger partial charge in [0.15, 0.2) is 0 Å². The molecule has 4 aromatic heterocycles. The Kier molecular flexibility index (Phi) is 26.0. The molecule has 5 N–H and O–H groups in total. The molecule has 0 aliphatic heterocycles. The topological polar surface area (TPSA) is 86.3 Å². The van der Waals surface area contributed by atoms with Gasteiger partial charge in [0.25, 0.3) is 0 Å². The van der Waals surface area contributed by atoms with E-state index in [9.17, 15) is 0 Å². The number of pyridine rings is 1. The normalized spacial score (nSPS) is 9.98. The summed E-state index contributed by atoms with van der Waals surface area (Å²) in [7, 11) is 1.50. The number of nitrogens with one attached hydrogen (secondary N) is 3. The Balaban J connectivity index is 0.000000347. The fraction of sp³-hybridized carbons (Fsp3) is 0.340.